The number of hydrogen-bond acceptors (Lipinski definition) is 3. The van der Waals surface area contributed by atoms with Crippen molar-refractivity contribution < 1.29 is 9.13 Å². The highest BCUT2D eigenvalue weighted by Gasteiger charge is 2.06. The Kier molecular flexibility index (Phi) is 3.44. The van der Waals surface area contributed by atoms with E-state index in [0.29, 0.717) is 0 Å². The molecule has 0 fully saturated rings. The third-order valence-electron chi connectivity index (χ3n) is 3.25. The number of aryl methyl sites for hydroxylation is 1. The van der Waals surface area contributed by atoms with Gasteiger partial charge in [-0.2, -0.15) is 0 Å². The van der Waals surface area contributed by atoms with Crippen molar-refractivity contribution in [3.63, 3.8) is 0 Å². The van der Waals surface area contributed by atoms with Gasteiger partial charge in [0.25, 0.3) is 0 Å². The van der Waals surface area contributed by atoms with Crippen LogP contribution < -0.4 is 10.1 Å². The Hall–Kier alpha value is -2.62. The Morgan fingerprint density at radius 3 is 2.76 bits per heavy atom. The van der Waals surface area contributed by atoms with Crippen LogP contribution in [0.5, 0.6) is 5.75 Å². The summed E-state index contributed by atoms with van der Waals surface area (Å²) in [5.74, 6) is 0.489. The molecule has 0 spiro atoms. The summed E-state index contributed by atoms with van der Waals surface area (Å²) in [6.45, 7) is 1.92. The number of rotatable bonds is 3. The van der Waals surface area contributed by atoms with Gasteiger partial charge in [0.1, 0.15) is 11.6 Å². The largest absolute Gasteiger partial charge is 0.497 e. The van der Waals surface area contributed by atoms with Gasteiger partial charge < -0.3 is 10.1 Å². The zero-order valence-corrected chi connectivity index (χ0v) is 11.9. The van der Waals surface area contributed by atoms with E-state index in [1.54, 1.807) is 13.2 Å². The Balaban J connectivity index is 2.08. The van der Waals surface area contributed by atoms with Gasteiger partial charge in [-0.05, 0) is 43.3 Å². The molecule has 3 nitrogen and oxygen atoms in total. The fourth-order valence-corrected chi connectivity index (χ4v) is 2.29. The summed E-state index contributed by atoms with van der Waals surface area (Å²) in [6.07, 6.45) is 0. The number of methoxy groups -OCH3 is 1. The third-order valence-corrected chi connectivity index (χ3v) is 3.25. The lowest BCUT2D eigenvalue weighted by atomic mass is 10.1. The van der Waals surface area contributed by atoms with Crippen LogP contribution >= 0.6 is 0 Å². The van der Waals surface area contributed by atoms with Crippen molar-refractivity contribution in [2.24, 2.45) is 0 Å². The molecule has 0 aliphatic rings. The van der Waals surface area contributed by atoms with E-state index >= 15 is 0 Å². The average molecular weight is 282 g/mol. The van der Waals surface area contributed by atoms with E-state index in [2.05, 4.69) is 10.3 Å². The number of benzene rings is 2. The van der Waals surface area contributed by atoms with Crippen LogP contribution in [0.3, 0.4) is 0 Å². The maximum absolute atomic E-state index is 13.5. The van der Waals surface area contributed by atoms with Crippen LogP contribution in [0.25, 0.3) is 10.9 Å². The first-order valence-corrected chi connectivity index (χ1v) is 6.64. The molecule has 21 heavy (non-hydrogen) atoms. The number of fused-ring (bicyclic) bond motifs is 1. The predicted octanol–water partition coefficient (Wildman–Crippen LogP) is 4.43. The van der Waals surface area contributed by atoms with Crippen LogP contribution in [0.2, 0.25) is 0 Å². The quantitative estimate of drug-likeness (QED) is 0.771. The summed E-state index contributed by atoms with van der Waals surface area (Å²) in [7, 11) is 1.63. The van der Waals surface area contributed by atoms with Crippen LogP contribution in [0.15, 0.2) is 48.5 Å². The lowest BCUT2D eigenvalue weighted by molar-refractivity contribution is 0.415. The van der Waals surface area contributed by atoms with E-state index in [9.17, 15) is 4.39 Å². The van der Waals surface area contributed by atoms with Crippen molar-refractivity contribution in [1.29, 1.82) is 0 Å². The normalized spacial score (nSPS) is 10.6. The molecule has 0 aliphatic heterocycles. The average Bonchev–Trinajstić information content (AvgIpc) is 2.48. The molecule has 0 saturated heterocycles. The number of halogens is 1. The number of nitrogens with zero attached hydrogens (tertiary/aromatic N) is 1. The monoisotopic (exact) mass is 282 g/mol. The number of anilines is 2. The highest BCUT2D eigenvalue weighted by molar-refractivity contribution is 5.93. The maximum atomic E-state index is 13.5. The molecule has 3 rings (SSSR count). The van der Waals surface area contributed by atoms with Crippen molar-refractivity contribution in [2.45, 2.75) is 6.92 Å². The smallest absolute Gasteiger partial charge is 0.124 e. The summed E-state index contributed by atoms with van der Waals surface area (Å²) >= 11 is 0. The molecule has 0 unspecified atom stereocenters. The molecular weight excluding hydrogens is 267 g/mol. The molecule has 0 saturated carbocycles. The van der Waals surface area contributed by atoms with E-state index in [-0.39, 0.29) is 5.82 Å². The van der Waals surface area contributed by atoms with E-state index in [1.807, 2.05) is 37.3 Å². The molecular formula is C17H15FN2O. The van der Waals surface area contributed by atoms with Gasteiger partial charge in [-0.3, -0.25) is 4.98 Å². The minimum Gasteiger partial charge on any atom is -0.497 e. The summed E-state index contributed by atoms with van der Waals surface area (Å²) < 4.78 is 18.7. The number of hydrogen-bond donors (Lipinski definition) is 1. The number of ether oxygens (including phenoxy) is 1. The SMILES string of the molecule is COc1cccc(Nc2cc(C)nc3ccc(F)cc23)c1. The van der Waals surface area contributed by atoms with Gasteiger partial charge >= 0.3 is 0 Å². The molecule has 0 atom stereocenters. The lowest BCUT2D eigenvalue weighted by Gasteiger charge is -2.12. The molecule has 1 N–H and O–H groups in total. The third kappa shape index (κ3) is 2.79. The molecule has 2 aromatic carbocycles. The maximum Gasteiger partial charge on any atom is 0.124 e. The minimum atomic E-state index is -0.276. The zero-order valence-electron chi connectivity index (χ0n) is 11.9. The van der Waals surface area contributed by atoms with Crippen molar-refractivity contribution in [3.8, 4) is 5.75 Å². The first-order chi connectivity index (χ1) is 10.2. The molecule has 0 amide bonds. The molecule has 0 aliphatic carbocycles. The second-order valence-corrected chi connectivity index (χ2v) is 4.83. The molecule has 3 aromatic rings. The van der Waals surface area contributed by atoms with Crippen molar-refractivity contribution in [2.75, 3.05) is 12.4 Å². The van der Waals surface area contributed by atoms with Crippen LogP contribution in [0, 0.1) is 12.7 Å². The van der Waals surface area contributed by atoms with Gasteiger partial charge in [0.05, 0.1) is 12.6 Å². The lowest BCUT2D eigenvalue weighted by Crippen LogP contribution is -1.95. The van der Waals surface area contributed by atoms with Gasteiger partial charge in [-0.1, -0.05) is 6.07 Å². The van der Waals surface area contributed by atoms with Crippen LogP contribution in [-0.4, -0.2) is 12.1 Å². The van der Waals surface area contributed by atoms with Crippen molar-refractivity contribution >= 4 is 22.3 Å². The van der Waals surface area contributed by atoms with Gasteiger partial charge in [0.15, 0.2) is 0 Å². The molecule has 1 aromatic heterocycles. The van der Waals surface area contributed by atoms with E-state index < -0.39 is 0 Å². The highest BCUT2D eigenvalue weighted by Crippen LogP contribution is 2.28. The first-order valence-electron chi connectivity index (χ1n) is 6.64. The number of pyridine rings is 1. The zero-order chi connectivity index (χ0) is 14.8. The Bertz CT molecular complexity index is 802. The van der Waals surface area contributed by atoms with Gasteiger partial charge in [-0.15, -0.1) is 0 Å². The van der Waals surface area contributed by atoms with Gasteiger partial charge in [-0.25, -0.2) is 4.39 Å². The molecule has 1 heterocycles. The van der Waals surface area contributed by atoms with Crippen LogP contribution in [-0.2, 0) is 0 Å². The Morgan fingerprint density at radius 1 is 1.10 bits per heavy atom. The minimum absolute atomic E-state index is 0.276. The summed E-state index contributed by atoms with van der Waals surface area (Å²) in [5, 5.41) is 4.06. The van der Waals surface area contributed by atoms with Gasteiger partial charge in [0, 0.05) is 28.5 Å². The fourth-order valence-electron chi connectivity index (χ4n) is 2.29. The second kappa shape index (κ2) is 5.40. The standard InChI is InChI=1S/C17H15FN2O/c1-11-8-17(15-9-12(18)6-7-16(15)19-11)20-13-4-3-5-14(10-13)21-2/h3-10H,1-2H3,(H,19,20). The van der Waals surface area contributed by atoms with E-state index in [0.717, 1.165) is 33.7 Å². The summed E-state index contributed by atoms with van der Waals surface area (Å²) in [6, 6.07) is 14.1. The molecule has 0 bridgehead atoms. The van der Waals surface area contributed by atoms with Crippen molar-refractivity contribution in [1.82, 2.24) is 4.98 Å². The van der Waals surface area contributed by atoms with Crippen LogP contribution in [0.1, 0.15) is 5.69 Å². The van der Waals surface area contributed by atoms with Crippen molar-refractivity contribution in [3.05, 3.63) is 60.0 Å². The Labute approximate surface area is 122 Å². The summed E-state index contributed by atoms with van der Waals surface area (Å²) in [5.41, 5.74) is 3.34. The van der Waals surface area contributed by atoms with Gasteiger partial charge in [0.2, 0.25) is 0 Å². The molecule has 0 radical (unpaired) electrons. The highest BCUT2D eigenvalue weighted by atomic mass is 19.1. The summed E-state index contributed by atoms with van der Waals surface area (Å²) in [4.78, 5) is 4.42. The number of aromatic nitrogens is 1. The fraction of sp³-hybridized carbons (Fsp3) is 0.118. The van der Waals surface area contributed by atoms with E-state index in [1.165, 1.54) is 12.1 Å². The first kappa shape index (κ1) is 13.4. The van der Waals surface area contributed by atoms with Crippen LogP contribution in [0.4, 0.5) is 15.8 Å². The topological polar surface area (TPSA) is 34.1 Å². The second-order valence-electron chi connectivity index (χ2n) is 4.83. The van der Waals surface area contributed by atoms with E-state index in [4.69, 9.17) is 4.74 Å². The molecule has 106 valence electrons. The number of nitrogens with one attached hydrogen (secondary N) is 1. The Morgan fingerprint density at radius 2 is 1.95 bits per heavy atom. The molecule has 4 heteroatoms. The predicted molar refractivity (Wildman–Crippen MR) is 82.7 cm³/mol.